The predicted molar refractivity (Wildman–Crippen MR) is 211 cm³/mol. The van der Waals surface area contributed by atoms with E-state index in [1.54, 1.807) is 36.2 Å². The van der Waals surface area contributed by atoms with Crippen molar-refractivity contribution in [3.05, 3.63) is 93.8 Å². The number of anilines is 1. The molecule has 2 saturated carbocycles. The van der Waals surface area contributed by atoms with Gasteiger partial charge in [0.1, 0.15) is 28.9 Å². The minimum absolute atomic E-state index is 0.0901. The van der Waals surface area contributed by atoms with Gasteiger partial charge in [-0.25, -0.2) is 15.0 Å². The van der Waals surface area contributed by atoms with Crippen molar-refractivity contribution in [2.45, 2.75) is 105 Å². The molecule has 1 spiro atoms. The molecule has 0 radical (unpaired) electrons. The number of benzene rings is 1. The molecule has 1 atom stereocenters. The van der Waals surface area contributed by atoms with Crippen molar-refractivity contribution in [1.82, 2.24) is 35.0 Å². The van der Waals surface area contributed by atoms with E-state index in [4.69, 9.17) is 14.1 Å². The fraction of sp³-hybridized carbons (Fsp3) is 0.500. The molecule has 4 aliphatic rings. The summed E-state index contributed by atoms with van der Waals surface area (Å²) in [5.74, 6) is 3.72. The number of thiophene rings is 1. The number of ether oxygens (including phenoxy) is 1. The number of rotatable bonds is 8. The van der Waals surface area contributed by atoms with Gasteiger partial charge in [-0.2, -0.15) is 0 Å². The number of amides is 1. The predicted octanol–water partition coefficient (Wildman–Crippen LogP) is 7.55. The van der Waals surface area contributed by atoms with Gasteiger partial charge in [-0.05, 0) is 98.9 Å². The maximum atomic E-state index is 13.0. The molecule has 1 N–H and O–H groups in total. The van der Waals surface area contributed by atoms with Crippen LogP contribution in [-0.4, -0.2) is 66.6 Å². The number of nitrogens with one attached hydrogen (secondary N) is 1. The van der Waals surface area contributed by atoms with Crippen molar-refractivity contribution in [1.29, 1.82) is 0 Å². The van der Waals surface area contributed by atoms with E-state index in [0.717, 1.165) is 84.4 Å². The third kappa shape index (κ3) is 6.33. The second-order valence-corrected chi connectivity index (χ2v) is 18.7. The summed E-state index contributed by atoms with van der Waals surface area (Å²) in [6.07, 6.45) is 12.6. The number of aryl methyl sites for hydroxylation is 2. The molecule has 1 saturated heterocycles. The summed E-state index contributed by atoms with van der Waals surface area (Å²) < 4.78 is 14.3. The van der Waals surface area contributed by atoms with Crippen molar-refractivity contribution in [2.75, 3.05) is 18.0 Å². The van der Waals surface area contributed by atoms with Gasteiger partial charge in [-0.3, -0.25) is 14.4 Å². The van der Waals surface area contributed by atoms with Gasteiger partial charge in [0.05, 0.1) is 30.0 Å². The zero-order chi connectivity index (χ0) is 38.3. The summed E-state index contributed by atoms with van der Waals surface area (Å²) in [6.45, 7) is 17.0. The van der Waals surface area contributed by atoms with Gasteiger partial charge in [0, 0.05) is 47.5 Å². The van der Waals surface area contributed by atoms with E-state index < -0.39 is 0 Å². The number of carbonyl (C=O) groups excluding carboxylic acids is 1. The lowest BCUT2D eigenvalue weighted by molar-refractivity contribution is -0.0366. The Morgan fingerprint density at radius 2 is 1.69 bits per heavy atom. The number of aliphatic imine (C=N–C) groups is 1. The minimum Gasteiger partial charge on any atom is -0.490 e. The number of nitrogens with zero attached hydrogens (tertiary/aromatic N) is 8. The van der Waals surface area contributed by atoms with E-state index in [0.29, 0.717) is 29.2 Å². The molecule has 5 aromatic rings. The average Bonchev–Trinajstić information content (AvgIpc) is 3.85. The van der Waals surface area contributed by atoms with Crippen LogP contribution in [0.15, 0.2) is 58.5 Å². The summed E-state index contributed by atoms with van der Waals surface area (Å²) in [5.41, 5.74) is 5.28. The van der Waals surface area contributed by atoms with E-state index in [2.05, 4.69) is 106 Å². The highest BCUT2D eigenvalue weighted by molar-refractivity contribution is 7.15. The van der Waals surface area contributed by atoms with Crippen LogP contribution in [0.25, 0.3) is 5.00 Å². The molecule has 55 heavy (non-hydrogen) atoms. The molecular formula is C42H49N9O3S. The molecule has 1 amide bonds. The monoisotopic (exact) mass is 759 g/mol. The quantitative estimate of drug-likeness (QED) is 0.170. The molecule has 12 nitrogen and oxygen atoms in total. The van der Waals surface area contributed by atoms with Crippen molar-refractivity contribution in [3.63, 3.8) is 0 Å². The van der Waals surface area contributed by atoms with E-state index in [1.165, 1.54) is 10.4 Å². The molecule has 286 valence electrons. The van der Waals surface area contributed by atoms with Crippen molar-refractivity contribution in [2.24, 2.45) is 21.2 Å². The van der Waals surface area contributed by atoms with Crippen LogP contribution in [0.3, 0.4) is 0 Å². The summed E-state index contributed by atoms with van der Waals surface area (Å²) in [6, 6.07) is 8.23. The number of aromatic nitrogens is 6. The first-order chi connectivity index (χ1) is 26.3. The lowest BCUT2D eigenvalue weighted by atomic mass is 9.52. The molecular weight excluding hydrogens is 711 g/mol. The first-order valence-corrected chi connectivity index (χ1v) is 20.2. The smallest absolute Gasteiger partial charge is 0.254 e. The Morgan fingerprint density at radius 1 is 0.982 bits per heavy atom. The molecule has 4 aromatic heterocycles. The normalized spacial score (nSPS) is 21.2. The molecule has 0 bridgehead atoms. The Balaban J connectivity index is 0.833. The number of fused-ring (bicyclic) bond motifs is 3. The van der Waals surface area contributed by atoms with Crippen LogP contribution >= 0.6 is 11.3 Å². The Hall–Kier alpha value is -4.91. The number of piperidine rings is 1. The minimum atomic E-state index is -0.308. The number of hydrogen-bond donors (Lipinski definition) is 1. The summed E-state index contributed by atoms with van der Waals surface area (Å²) in [4.78, 5) is 35.5. The second kappa shape index (κ2) is 13.1. The van der Waals surface area contributed by atoms with Crippen LogP contribution in [0.5, 0.6) is 5.75 Å². The first kappa shape index (κ1) is 35.8. The van der Waals surface area contributed by atoms with Crippen LogP contribution in [-0.2, 0) is 6.42 Å². The Bertz CT molecular complexity index is 2240. The summed E-state index contributed by atoms with van der Waals surface area (Å²) in [5, 5.41) is 13.4. The van der Waals surface area contributed by atoms with E-state index >= 15 is 0 Å². The topological polar surface area (TPSA) is 136 Å². The standard InChI is InChI=1S/C42H49N9O3S/c1-24-25(2)55-37-33(24)34(46-31(18-32-43-14-17-53-32)35-49-48-26(3)51(35)37)27-8-10-29(11-9-27)54-30-19-42(20-30)12-15-50(16-13-42)39-44-21-28(22-45-39)36(52)47-38-40(4,5)23-41(38,6)7/h8-11,14,17,21-22,30-31,38H,12-13,15-16,18-20,23H2,1-7H3,(H,47,52). The fourth-order valence-electron chi connectivity index (χ4n) is 10.0. The second-order valence-electron chi connectivity index (χ2n) is 17.5. The third-order valence-electron chi connectivity index (χ3n) is 12.6. The Kier molecular flexibility index (Phi) is 8.52. The third-order valence-corrected chi connectivity index (χ3v) is 13.8. The van der Waals surface area contributed by atoms with Crippen molar-refractivity contribution in [3.8, 4) is 10.8 Å². The van der Waals surface area contributed by atoms with Gasteiger partial charge in [0.15, 0.2) is 11.7 Å². The van der Waals surface area contributed by atoms with E-state index in [9.17, 15) is 4.79 Å². The zero-order valence-corrected chi connectivity index (χ0v) is 33.5. The number of carbonyl (C=O) groups is 1. The van der Waals surface area contributed by atoms with Gasteiger partial charge in [-0.1, -0.05) is 27.7 Å². The highest BCUT2D eigenvalue weighted by atomic mass is 32.1. The van der Waals surface area contributed by atoms with Gasteiger partial charge < -0.3 is 19.4 Å². The Labute approximate surface area is 325 Å². The molecule has 2 aliphatic carbocycles. The number of oxazole rings is 1. The van der Waals surface area contributed by atoms with Gasteiger partial charge in [-0.15, -0.1) is 21.5 Å². The van der Waals surface area contributed by atoms with E-state index in [1.807, 2.05) is 6.92 Å². The molecule has 6 heterocycles. The summed E-state index contributed by atoms with van der Waals surface area (Å²) in [7, 11) is 0. The largest absolute Gasteiger partial charge is 0.490 e. The highest BCUT2D eigenvalue weighted by Gasteiger charge is 2.53. The zero-order valence-electron chi connectivity index (χ0n) is 32.7. The van der Waals surface area contributed by atoms with Crippen molar-refractivity contribution < 1.29 is 13.9 Å². The van der Waals surface area contributed by atoms with Crippen LogP contribution in [0.4, 0.5) is 5.95 Å². The molecule has 1 unspecified atom stereocenters. The SMILES string of the molecule is Cc1sc2c(c1C)C(c1ccc(OC3CC4(CCN(c5ncc(C(=O)NC6C(C)(C)CC6(C)C)cn5)CC4)C3)cc1)=NC(Cc1ncco1)c1nnc(C)n1-2. The average molecular weight is 760 g/mol. The molecule has 1 aromatic carbocycles. The van der Waals surface area contributed by atoms with Crippen LogP contribution in [0.2, 0.25) is 0 Å². The first-order valence-electron chi connectivity index (χ1n) is 19.4. The molecule has 3 fully saturated rings. The summed E-state index contributed by atoms with van der Waals surface area (Å²) >= 11 is 1.75. The van der Waals surface area contributed by atoms with Gasteiger partial charge in [0.25, 0.3) is 5.91 Å². The van der Waals surface area contributed by atoms with Gasteiger partial charge >= 0.3 is 0 Å². The van der Waals surface area contributed by atoms with E-state index in [-0.39, 0.29) is 34.9 Å². The lowest BCUT2D eigenvalue weighted by Crippen LogP contribution is -2.63. The number of hydrogen-bond acceptors (Lipinski definition) is 11. The van der Waals surface area contributed by atoms with Gasteiger partial charge in [0.2, 0.25) is 5.95 Å². The van der Waals surface area contributed by atoms with Crippen LogP contribution in [0, 0.1) is 37.0 Å². The Morgan fingerprint density at radius 3 is 2.35 bits per heavy atom. The maximum Gasteiger partial charge on any atom is 0.254 e. The van der Waals surface area contributed by atoms with Crippen molar-refractivity contribution >= 4 is 28.9 Å². The van der Waals surface area contributed by atoms with Crippen LogP contribution < -0.4 is 15.0 Å². The highest BCUT2D eigenvalue weighted by Crippen LogP contribution is 2.54. The van der Waals surface area contributed by atoms with Crippen LogP contribution in [0.1, 0.15) is 115 Å². The molecule has 13 heteroatoms. The molecule has 9 rings (SSSR count). The lowest BCUT2D eigenvalue weighted by Gasteiger charge is -2.57. The molecule has 2 aliphatic heterocycles. The maximum absolute atomic E-state index is 13.0. The fourth-order valence-corrected chi connectivity index (χ4v) is 11.2.